The van der Waals surface area contributed by atoms with Gasteiger partial charge in [0.05, 0.1) is 6.07 Å². The van der Waals surface area contributed by atoms with Crippen LogP contribution < -0.4 is 5.32 Å². The highest BCUT2D eigenvalue weighted by Crippen LogP contribution is 2.24. The lowest BCUT2D eigenvalue weighted by atomic mass is 9.88. The van der Waals surface area contributed by atoms with Crippen LogP contribution in [0.15, 0.2) is 23.9 Å². The van der Waals surface area contributed by atoms with Crippen LogP contribution in [0, 0.1) is 11.3 Å². The van der Waals surface area contributed by atoms with Crippen LogP contribution in [0.3, 0.4) is 0 Å². The molecule has 0 aromatic rings. The third-order valence-corrected chi connectivity index (χ3v) is 3.46. The predicted molar refractivity (Wildman–Crippen MR) is 87.1 cm³/mol. The molecule has 1 N–H and O–H groups in total. The van der Waals surface area contributed by atoms with Gasteiger partial charge in [0, 0.05) is 31.6 Å². The summed E-state index contributed by atoms with van der Waals surface area (Å²) in [7, 11) is 0. The summed E-state index contributed by atoms with van der Waals surface area (Å²) in [5, 5.41) is 12.8. The molecular formula is C17H27N3O2. The molecule has 0 radical (unpaired) electrons. The Labute approximate surface area is 133 Å². The Morgan fingerprint density at radius 2 is 1.95 bits per heavy atom. The number of nitriles is 1. The highest BCUT2D eigenvalue weighted by Gasteiger charge is 2.37. The van der Waals surface area contributed by atoms with E-state index in [0.717, 1.165) is 5.70 Å². The molecule has 1 heterocycles. The molecule has 0 spiro atoms. The maximum Gasteiger partial charge on any atom is 0.410 e. The van der Waals surface area contributed by atoms with Crippen LogP contribution in [0.25, 0.3) is 0 Å². The van der Waals surface area contributed by atoms with Gasteiger partial charge in [-0.15, -0.1) is 0 Å². The van der Waals surface area contributed by atoms with E-state index in [1.807, 2.05) is 52.8 Å². The fourth-order valence-electron chi connectivity index (χ4n) is 2.32. The Balaban J connectivity index is 2.65. The first-order valence-corrected chi connectivity index (χ1v) is 7.68. The molecule has 1 saturated heterocycles. The number of carbonyl (C=O) groups excluding carboxylic acids is 1. The minimum absolute atomic E-state index is 0.305. The summed E-state index contributed by atoms with van der Waals surface area (Å²) < 4.78 is 5.38. The second kappa shape index (κ2) is 7.35. The van der Waals surface area contributed by atoms with Gasteiger partial charge in [-0.05, 0) is 40.7 Å². The zero-order valence-electron chi connectivity index (χ0n) is 14.3. The smallest absolute Gasteiger partial charge is 0.410 e. The lowest BCUT2D eigenvalue weighted by Gasteiger charge is -2.38. The topological polar surface area (TPSA) is 65.4 Å². The van der Waals surface area contributed by atoms with Gasteiger partial charge in [0.2, 0.25) is 0 Å². The molecule has 122 valence electrons. The van der Waals surface area contributed by atoms with Crippen LogP contribution in [-0.2, 0) is 4.74 Å². The lowest BCUT2D eigenvalue weighted by molar-refractivity contribution is 0.0179. The number of hydrogen-bond acceptors (Lipinski definition) is 4. The molecule has 22 heavy (non-hydrogen) atoms. The first-order chi connectivity index (χ1) is 10.2. The Kier molecular flexibility index (Phi) is 6.04. The summed E-state index contributed by atoms with van der Waals surface area (Å²) in [5.41, 5.74) is -0.156. The van der Waals surface area contributed by atoms with E-state index in [4.69, 9.17) is 4.74 Å². The van der Waals surface area contributed by atoms with Gasteiger partial charge in [-0.3, -0.25) is 0 Å². The summed E-state index contributed by atoms with van der Waals surface area (Å²) in [6, 6.07) is 2.38. The van der Waals surface area contributed by atoms with Crippen molar-refractivity contribution in [3.63, 3.8) is 0 Å². The summed E-state index contributed by atoms with van der Waals surface area (Å²) in [6.45, 7) is 10.5. The summed E-state index contributed by atoms with van der Waals surface area (Å²) in [4.78, 5) is 13.7. The van der Waals surface area contributed by atoms with E-state index in [-0.39, 0.29) is 6.09 Å². The number of rotatable bonds is 3. The number of piperidine rings is 1. The van der Waals surface area contributed by atoms with Gasteiger partial charge >= 0.3 is 6.09 Å². The van der Waals surface area contributed by atoms with Crippen LogP contribution >= 0.6 is 0 Å². The van der Waals surface area contributed by atoms with Crippen molar-refractivity contribution in [1.29, 1.82) is 5.26 Å². The monoisotopic (exact) mass is 305 g/mol. The SMILES string of the molecule is C/C=C\C=C(/C)NC1(C#N)CCN(C(=O)OC(C)(C)C)CC1. The van der Waals surface area contributed by atoms with E-state index in [1.165, 1.54) is 0 Å². The van der Waals surface area contributed by atoms with E-state index in [2.05, 4.69) is 11.4 Å². The zero-order chi connectivity index (χ0) is 16.8. The molecule has 0 aromatic carbocycles. The summed E-state index contributed by atoms with van der Waals surface area (Å²) in [6.07, 6.45) is 6.69. The molecule has 5 heteroatoms. The molecule has 0 unspecified atom stereocenters. The minimum atomic E-state index is -0.610. The maximum absolute atomic E-state index is 12.1. The Bertz CT molecular complexity index is 487. The van der Waals surface area contributed by atoms with E-state index in [9.17, 15) is 10.1 Å². The number of hydrogen-bond donors (Lipinski definition) is 1. The molecule has 1 amide bonds. The number of nitrogens with zero attached hydrogens (tertiary/aromatic N) is 2. The highest BCUT2D eigenvalue weighted by atomic mass is 16.6. The van der Waals surface area contributed by atoms with E-state index < -0.39 is 11.1 Å². The molecule has 5 nitrogen and oxygen atoms in total. The van der Waals surface area contributed by atoms with Crippen molar-refractivity contribution in [3.05, 3.63) is 23.9 Å². The van der Waals surface area contributed by atoms with Crippen molar-refractivity contribution in [3.8, 4) is 6.07 Å². The fraction of sp³-hybridized carbons (Fsp3) is 0.647. The third-order valence-electron chi connectivity index (χ3n) is 3.46. The average molecular weight is 305 g/mol. The average Bonchev–Trinajstić information content (AvgIpc) is 2.44. The standard InChI is InChI=1S/C17H27N3O2/c1-6-7-8-14(2)19-17(13-18)9-11-20(12-10-17)15(21)22-16(3,4)5/h6-8,19H,9-12H2,1-5H3/b7-6-,14-8+. The van der Waals surface area contributed by atoms with Gasteiger partial charge in [-0.1, -0.05) is 12.2 Å². The van der Waals surface area contributed by atoms with E-state index in [1.54, 1.807) is 4.90 Å². The molecule has 0 aliphatic carbocycles. The van der Waals surface area contributed by atoms with Crippen LogP contribution in [0.2, 0.25) is 0 Å². The molecule has 0 saturated carbocycles. The normalized spacial score (nSPS) is 18.9. The van der Waals surface area contributed by atoms with Gasteiger partial charge < -0.3 is 15.0 Å². The van der Waals surface area contributed by atoms with Crippen LogP contribution in [0.4, 0.5) is 4.79 Å². The van der Waals surface area contributed by atoms with Gasteiger partial charge in [-0.25, -0.2) is 4.79 Å². The molecule has 1 rings (SSSR count). The lowest BCUT2D eigenvalue weighted by Crippen LogP contribution is -2.53. The molecule has 1 aliphatic rings. The first kappa shape index (κ1) is 18.1. The van der Waals surface area contributed by atoms with Crippen LogP contribution in [0.1, 0.15) is 47.5 Å². The quantitative estimate of drug-likeness (QED) is 0.812. The third kappa shape index (κ3) is 5.44. The van der Waals surface area contributed by atoms with Crippen molar-refractivity contribution in [1.82, 2.24) is 10.2 Å². The molecular weight excluding hydrogens is 278 g/mol. The van der Waals surface area contributed by atoms with E-state index in [0.29, 0.717) is 25.9 Å². The summed E-state index contributed by atoms with van der Waals surface area (Å²) in [5.74, 6) is 0. The Hall–Kier alpha value is -1.96. The number of allylic oxidation sites excluding steroid dienone is 4. The van der Waals surface area contributed by atoms with Crippen molar-refractivity contribution < 1.29 is 9.53 Å². The van der Waals surface area contributed by atoms with Crippen molar-refractivity contribution in [2.75, 3.05) is 13.1 Å². The predicted octanol–water partition coefficient (Wildman–Crippen LogP) is 3.35. The second-order valence-electron chi connectivity index (χ2n) is 6.66. The first-order valence-electron chi connectivity index (χ1n) is 7.68. The number of nitrogens with one attached hydrogen (secondary N) is 1. The molecule has 1 aliphatic heterocycles. The van der Waals surface area contributed by atoms with Crippen molar-refractivity contribution >= 4 is 6.09 Å². The minimum Gasteiger partial charge on any atom is -0.444 e. The zero-order valence-corrected chi connectivity index (χ0v) is 14.3. The molecule has 1 fully saturated rings. The molecule has 0 atom stereocenters. The number of amides is 1. The Morgan fingerprint density at radius 3 is 2.41 bits per heavy atom. The number of carbonyl (C=O) groups is 1. The highest BCUT2D eigenvalue weighted by molar-refractivity contribution is 5.68. The maximum atomic E-state index is 12.1. The number of likely N-dealkylation sites (tertiary alicyclic amines) is 1. The van der Waals surface area contributed by atoms with Gasteiger partial charge in [0.25, 0.3) is 0 Å². The van der Waals surface area contributed by atoms with Gasteiger partial charge in [0.15, 0.2) is 0 Å². The molecule has 0 bridgehead atoms. The van der Waals surface area contributed by atoms with Crippen molar-refractivity contribution in [2.45, 2.75) is 58.6 Å². The van der Waals surface area contributed by atoms with Crippen molar-refractivity contribution in [2.24, 2.45) is 0 Å². The van der Waals surface area contributed by atoms with Crippen LogP contribution in [0.5, 0.6) is 0 Å². The second-order valence-corrected chi connectivity index (χ2v) is 6.66. The van der Waals surface area contributed by atoms with Gasteiger partial charge in [-0.2, -0.15) is 5.26 Å². The van der Waals surface area contributed by atoms with Gasteiger partial charge in [0.1, 0.15) is 11.1 Å². The van der Waals surface area contributed by atoms with Crippen LogP contribution in [-0.4, -0.2) is 35.2 Å². The summed E-state index contributed by atoms with van der Waals surface area (Å²) >= 11 is 0. The fourth-order valence-corrected chi connectivity index (χ4v) is 2.32. The largest absolute Gasteiger partial charge is 0.444 e. The van der Waals surface area contributed by atoms with E-state index >= 15 is 0 Å². The Morgan fingerprint density at radius 1 is 1.36 bits per heavy atom. The number of ether oxygens (including phenoxy) is 1. The molecule has 0 aromatic heterocycles.